The van der Waals surface area contributed by atoms with Gasteiger partial charge in [-0.25, -0.2) is 17.6 Å². The summed E-state index contributed by atoms with van der Waals surface area (Å²) in [6, 6.07) is 5.22. The largest absolute Gasteiger partial charge is 0.481 e. The number of alkyl halides is 4. The van der Waals surface area contributed by atoms with Crippen LogP contribution in [0.2, 0.25) is 5.02 Å². The van der Waals surface area contributed by atoms with E-state index in [1.54, 1.807) is 26.0 Å². The van der Waals surface area contributed by atoms with Gasteiger partial charge in [0.25, 0.3) is 0 Å². The minimum absolute atomic E-state index is 0.0701. The molecule has 0 saturated heterocycles. The number of rotatable bonds is 14. The maximum absolute atomic E-state index is 14.8. The molecule has 0 fully saturated rings. The van der Waals surface area contributed by atoms with Crippen molar-refractivity contribution in [2.24, 2.45) is 11.7 Å². The molecule has 0 spiro atoms. The number of carbonyl (C=O) groups is 1. The van der Waals surface area contributed by atoms with E-state index in [4.69, 9.17) is 11.6 Å². The average Bonchev–Trinajstić information content (AvgIpc) is 3.00. The molecule has 1 aromatic carbocycles. The highest BCUT2D eigenvalue weighted by Gasteiger charge is 2.44. The lowest BCUT2D eigenvalue weighted by Crippen LogP contribution is -2.52. The molecule has 250 valence electrons. The number of carboxylic acids is 1. The number of terminal acetylenes is 1. The summed E-state index contributed by atoms with van der Waals surface area (Å²) in [5.74, 6) is -6.94. The third-order valence-corrected chi connectivity index (χ3v) is 6.24. The summed E-state index contributed by atoms with van der Waals surface area (Å²) in [5, 5.41) is 13.0. The molecule has 2 rings (SSSR count). The lowest BCUT2D eigenvalue weighted by molar-refractivity contribution is -0.176. The molecular formula is C33H43ClF5N3O3. The second-order valence-corrected chi connectivity index (χ2v) is 10.0. The molecule has 0 saturated carbocycles. The standard InChI is InChI=1S/C25H28ClF5N2O3.C4H8.C2H5N.C2H2/c1-4-5-8-24(21-7-6-17(26)13-32-21,33-20(15(2)3)12-22(34)35)16-9-18(28)11-19(10-16)36-25(31,14-27)23(29)30;1-3-4-2;1-2-3;1-2/h4,6-7,9-11,13,15,20,23,33H,1,5,8,12,14H2,2-3H3,(H,34,35);3-4H,1-2H3;2H,1,3H2;1-2H/b;4-3-;;/t20?,24-,25?;;;/m0.../s1. The van der Waals surface area contributed by atoms with Crippen molar-refractivity contribution < 1.29 is 36.6 Å². The fourth-order valence-corrected chi connectivity index (χ4v) is 3.86. The predicted octanol–water partition coefficient (Wildman–Crippen LogP) is 8.37. The highest BCUT2D eigenvalue weighted by atomic mass is 35.5. The van der Waals surface area contributed by atoms with Gasteiger partial charge in [-0.2, -0.15) is 4.39 Å². The second-order valence-electron chi connectivity index (χ2n) is 9.59. The van der Waals surface area contributed by atoms with Crippen molar-refractivity contribution in [2.75, 3.05) is 6.67 Å². The van der Waals surface area contributed by atoms with E-state index in [-0.39, 0.29) is 24.3 Å². The highest BCUT2D eigenvalue weighted by Crippen LogP contribution is 2.39. The van der Waals surface area contributed by atoms with E-state index in [9.17, 15) is 31.9 Å². The molecular weight excluding hydrogens is 617 g/mol. The molecule has 45 heavy (non-hydrogen) atoms. The van der Waals surface area contributed by atoms with Gasteiger partial charge in [0.2, 0.25) is 0 Å². The van der Waals surface area contributed by atoms with Gasteiger partial charge in [0.15, 0.2) is 6.67 Å². The number of nitrogens with two attached hydrogens (primary N) is 1. The molecule has 12 heteroatoms. The van der Waals surface area contributed by atoms with Gasteiger partial charge in [0, 0.05) is 18.3 Å². The number of carboxylic acid groups (broad SMARTS) is 1. The number of aliphatic carboxylic acids is 1. The SMILES string of the molecule is C#C.C/C=C\C.C=CCC[C@](NC(CC(=O)O)C(C)C)(c1cc(F)cc(OC(F)(CF)C(F)F)c1)c1ccc(Cl)cn1.C=CN. The number of pyridine rings is 1. The minimum atomic E-state index is -3.98. The number of nitrogens with zero attached hydrogens (tertiary/aromatic N) is 1. The Hall–Kier alpha value is -3.88. The molecule has 2 unspecified atom stereocenters. The fourth-order valence-electron chi connectivity index (χ4n) is 3.75. The Morgan fingerprint density at radius 1 is 1.20 bits per heavy atom. The van der Waals surface area contributed by atoms with Crippen LogP contribution in [0.5, 0.6) is 5.75 Å². The first kappa shape index (κ1) is 43.2. The van der Waals surface area contributed by atoms with Gasteiger partial charge >= 0.3 is 18.2 Å². The van der Waals surface area contributed by atoms with Crippen molar-refractivity contribution in [3.8, 4) is 18.6 Å². The van der Waals surface area contributed by atoms with Gasteiger partial charge in [-0.15, -0.1) is 19.4 Å². The molecule has 3 atom stereocenters. The molecule has 0 aliphatic heterocycles. The maximum atomic E-state index is 14.8. The molecule has 6 nitrogen and oxygen atoms in total. The number of benzene rings is 1. The van der Waals surface area contributed by atoms with Crippen molar-refractivity contribution in [3.05, 3.63) is 96.2 Å². The zero-order valence-corrected chi connectivity index (χ0v) is 26.7. The van der Waals surface area contributed by atoms with Crippen LogP contribution >= 0.6 is 11.6 Å². The van der Waals surface area contributed by atoms with Crippen molar-refractivity contribution in [1.82, 2.24) is 10.3 Å². The number of halogens is 6. The lowest BCUT2D eigenvalue weighted by atomic mass is 9.79. The molecule has 1 aromatic heterocycles. The summed E-state index contributed by atoms with van der Waals surface area (Å²) in [5.41, 5.74) is 3.57. The normalized spacial score (nSPS) is 13.8. The molecule has 2 aromatic rings. The number of aromatic nitrogens is 1. The van der Waals surface area contributed by atoms with E-state index in [1.807, 2.05) is 26.0 Å². The zero-order valence-electron chi connectivity index (χ0n) is 26.0. The van der Waals surface area contributed by atoms with Crippen LogP contribution in [0, 0.1) is 24.6 Å². The van der Waals surface area contributed by atoms with E-state index in [2.05, 4.69) is 46.8 Å². The van der Waals surface area contributed by atoms with E-state index in [1.165, 1.54) is 18.5 Å². The van der Waals surface area contributed by atoms with Crippen LogP contribution in [0.25, 0.3) is 0 Å². The van der Waals surface area contributed by atoms with Gasteiger partial charge in [-0.1, -0.05) is 50.3 Å². The predicted molar refractivity (Wildman–Crippen MR) is 171 cm³/mol. The third-order valence-electron chi connectivity index (χ3n) is 6.01. The topological polar surface area (TPSA) is 97.5 Å². The Balaban J connectivity index is 0. The number of allylic oxidation sites excluding steroid dienone is 3. The quantitative estimate of drug-likeness (QED) is 0.107. The van der Waals surface area contributed by atoms with E-state index in [0.717, 1.165) is 12.1 Å². The maximum Gasteiger partial charge on any atom is 0.336 e. The summed E-state index contributed by atoms with van der Waals surface area (Å²) >= 11 is 6.00. The molecule has 4 N–H and O–H groups in total. The molecule has 0 aliphatic rings. The Morgan fingerprint density at radius 3 is 2.18 bits per heavy atom. The first-order valence-corrected chi connectivity index (χ1v) is 14.1. The van der Waals surface area contributed by atoms with Gasteiger partial charge in [-0.05, 0) is 68.6 Å². The van der Waals surface area contributed by atoms with E-state index < -0.39 is 48.1 Å². The third kappa shape index (κ3) is 14.6. The van der Waals surface area contributed by atoms with Crippen LogP contribution < -0.4 is 15.8 Å². The summed E-state index contributed by atoms with van der Waals surface area (Å²) in [7, 11) is 0. The number of hydrogen-bond donors (Lipinski definition) is 3. The minimum Gasteiger partial charge on any atom is -0.481 e. The Bertz CT molecular complexity index is 1210. The zero-order chi connectivity index (χ0) is 35.2. The smallest absolute Gasteiger partial charge is 0.336 e. The molecule has 0 bridgehead atoms. The van der Waals surface area contributed by atoms with Crippen LogP contribution in [-0.4, -0.2) is 41.1 Å². The highest BCUT2D eigenvalue weighted by molar-refractivity contribution is 6.30. The van der Waals surface area contributed by atoms with E-state index in [0.29, 0.717) is 23.2 Å². The molecule has 1 heterocycles. The summed E-state index contributed by atoms with van der Waals surface area (Å²) in [6.45, 7) is 12.3. The molecule has 0 aliphatic carbocycles. The second kappa shape index (κ2) is 22.6. The van der Waals surface area contributed by atoms with Gasteiger partial charge < -0.3 is 15.6 Å². The number of ether oxygens (including phenoxy) is 1. The Morgan fingerprint density at radius 2 is 1.78 bits per heavy atom. The van der Waals surface area contributed by atoms with Gasteiger partial charge in [0.1, 0.15) is 11.6 Å². The number of hydrogen-bond acceptors (Lipinski definition) is 5. The summed E-state index contributed by atoms with van der Waals surface area (Å²) in [6.07, 6.45) is 12.5. The van der Waals surface area contributed by atoms with Crippen molar-refractivity contribution in [3.63, 3.8) is 0 Å². The van der Waals surface area contributed by atoms with Crippen LogP contribution in [0.4, 0.5) is 22.0 Å². The lowest BCUT2D eigenvalue weighted by Gasteiger charge is -2.40. The van der Waals surface area contributed by atoms with Crippen LogP contribution in [0.1, 0.15) is 58.2 Å². The number of nitrogens with one attached hydrogen (secondary N) is 1. The van der Waals surface area contributed by atoms with Crippen LogP contribution in [0.15, 0.2) is 74.1 Å². The van der Waals surface area contributed by atoms with Gasteiger partial charge in [-0.3, -0.25) is 15.1 Å². The monoisotopic (exact) mass is 659 g/mol. The Kier molecular flexibility index (Phi) is 21.7. The van der Waals surface area contributed by atoms with Crippen molar-refractivity contribution >= 4 is 17.6 Å². The molecule has 0 amide bonds. The summed E-state index contributed by atoms with van der Waals surface area (Å²) < 4.78 is 73.0. The van der Waals surface area contributed by atoms with E-state index >= 15 is 0 Å². The molecule has 0 radical (unpaired) electrons. The first-order chi connectivity index (χ1) is 21.2. The summed E-state index contributed by atoms with van der Waals surface area (Å²) in [4.78, 5) is 15.9. The average molecular weight is 660 g/mol. The fraction of sp³-hybridized carbons (Fsp3) is 0.394. The van der Waals surface area contributed by atoms with Gasteiger partial charge in [0.05, 0.1) is 22.7 Å². The van der Waals surface area contributed by atoms with Crippen LogP contribution in [-0.2, 0) is 10.3 Å². The van der Waals surface area contributed by atoms with Crippen molar-refractivity contribution in [2.45, 2.75) is 70.8 Å². The first-order valence-electron chi connectivity index (χ1n) is 13.7. The van der Waals surface area contributed by atoms with Crippen molar-refractivity contribution in [1.29, 1.82) is 0 Å². The Labute approximate surface area is 268 Å². The van der Waals surface area contributed by atoms with Crippen LogP contribution in [0.3, 0.4) is 0 Å².